The van der Waals surface area contributed by atoms with Gasteiger partial charge in [-0.3, -0.25) is 0 Å². The lowest BCUT2D eigenvalue weighted by Gasteiger charge is -2.13. The lowest BCUT2D eigenvalue weighted by molar-refractivity contribution is 0.649. The van der Waals surface area contributed by atoms with Crippen LogP contribution in [0.4, 0.5) is 0 Å². The van der Waals surface area contributed by atoms with Gasteiger partial charge < -0.3 is 0 Å². The summed E-state index contributed by atoms with van der Waals surface area (Å²) in [6.07, 6.45) is 6.47. The second-order valence-corrected chi connectivity index (χ2v) is 10.5. The highest BCUT2D eigenvalue weighted by Gasteiger charge is 2.06. The third-order valence-corrected chi connectivity index (χ3v) is 7.22. The van der Waals surface area contributed by atoms with E-state index >= 15 is 0 Å². The van der Waals surface area contributed by atoms with Gasteiger partial charge in [0.15, 0.2) is 0 Å². The van der Waals surface area contributed by atoms with Crippen molar-refractivity contribution in [3.05, 3.63) is 59.7 Å². The lowest BCUT2D eigenvalue weighted by atomic mass is 10.0. The minimum Gasteiger partial charge on any atom is -0.0901 e. The Bertz CT molecular complexity index is 576. The fourth-order valence-corrected chi connectivity index (χ4v) is 6.01. The Hall–Kier alpha value is -0.700. The summed E-state index contributed by atoms with van der Waals surface area (Å²) in [6.45, 7) is 9.26. The molecule has 0 fully saturated rings. The molecule has 2 heteroatoms. The van der Waals surface area contributed by atoms with E-state index in [0.29, 0.717) is 0 Å². The molecule has 0 aliphatic rings. The zero-order valence-corrected chi connectivity index (χ0v) is 18.3. The predicted octanol–water partition coefficient (Wildman–Crippen LogP) is 5.78. The fourth-order valence-electron chi connectivity index (χ4n) is 3.16. The Morgan fingerprint density at radius 3 is 1.44 bits per heavy atom. The number of hydrogen-bond donors (Lipinski definition) is 0. The highest BCUT2D eigenvalue weighted by atomic mass is 31.1. The van der Waals surface area contributed by atoms with Crippen LogP contribution < -0.4 is 10.6 Å². The molecule has 2 aromatic rings. The highest BCUT2D eigenvalue weighted by Crippen LogP contribution is 2.21. The van der Waals surface area contributed by atoms with Crippen molar-refractivity contribution in [1.82, 2.24) is 0 Å². The molecule has 0 saturated heterocycles. The zero-order valence-electron chi connectivity index (χ0n) is 16.3. The Morgan fingerprint density at radius 1 is 0.640 bits per heavy atom. The Balaban J connectivity index is 1.79. The van der Waals surface area contributed by atoms with E-state index in [1.54, 1.807) is 21.7 Å². The van der Waals surface area contributed by atoms with Crippen molar-refractivity contribution >= 4 is 27.8 Å². The van der Waals surface area contributed by atoms with Crippen LogP contribution in [-0.4, -0.2) is 12.3 Å². The Kier molecular flexibility index (Phi) is 9.16. The van der Waals surface area contributed by atoms with Gasteiger partial charge in [0.05, 0.1) is 0 Å². The summed E-state index contributed by atoms with van der Waals surface area (Å²) in [7, 11) is 1.94. The van der Waals surface area contributed by atoms with Crippen LogP contribution in [0.5, 0.6) is 0 Å². The van der Waals surface area contributed by atoms with Gasteiger partial charge in [0, 0.05) is 0 Å². The molecule has 0 aliphatic carbocycles. The largest absolute Gasteiger partial charge is 0.0901 e. The average Bonchev–Trinajstić information content (AvgIpc) is 2.56. The summed E-state index contributed by atoms with van der Waals surface area (Å²) in [4.78, 5) is 0. The van der Waals surface area contributed by atoms with E-state index in [9.17, 15) is 0 Å². The van der Waals surface area contributed by atoms with E-state index in [-0.39, 0.29) is 0 Å². The molecule has 0 spiro atoms. The van der Waals surface area contributed by atoms with Crippen molar-refractivity contribution in [3.8, 4) is 0 Å². The summed E-state index contributed by atoms with van der Waals surface area (Å²) < 4.78 is 0. The molecule has 0 aliphatic heterocycles. The molecule has 0 N–H and O–H groups in total. The first-order chi connectivity index (χ1) is 12.1. The van der Waals surface area contributed by atoms with Gasteiger partial charge in [0.1, 0.15) is 0 Å². The van der Waals surface area contributed by atoms with Gasteiger partial charge in [0.2, 0.25) is 0 Å². The molecule has 0 aromatic heterocycles. The van der Waals surface area contributed by atoms with Crippen LogP contribution in [-0.2, 0) is 12.8 Å². The van der Waals surface area contributed by atoms with Gasteiger partial charge in [-0.1, -0.05) is 93.4 Å². The number of benzene rings is 2. The topological polar surface area (TPSA) is 0 Å². The molecule has 0 saturated carbocycles. The van der Waals surface area contributed by atoms with E-state index in [2.05, 4.69) is 76.2 Å². The molecule has 136 valence electrons. The molecule has 25 heavy (non-hydrogen) atoms. The maximum Gasteiger partial charge on any atom is -0.0239 e. The minimum atomic E-state index is 0.741. The minimum absolute atomic E-state index is 0.741. The van der Waals surface area contributed by atoms with E-state index < -0.39 is 0 Å². The Labute approximate surface area is 158 Å². The quantitative estimate of drug-likeness (QED) is 0.366. The van der Waals surface area contributed by atoms with Crippen LogP contribution in [0.15, 0.2) is 48.5 Å². The van der Waals surface area contributed by atoms with Crippen molar-refractivity contribution in [2.45, 2.75) is 47.0 Å². The van der Waals surface area contributed by atoms with Crippen molar-refractivity contribution in [3.63, 3.8) is 0 Å². The molecular weight excluding hydrogens is 338 g/mol. The third-order valence-electron chi connectivity index (χ3n) is 4.28. The molecule has 2 atom stereocenters. The normalized spacial score (nSPS) is 12.4. The van der Waals surface area contributed by atoms with Crippen LogP contribution in [0.1, 0.15) is 45.2 Å². The van der Waals surface area contributed by atoms with Crippen molar-refractivity contribution in [2.24, 2.45) is 11.8 Å². The number of rotatable bonds is 10. The maximum absolute atomic E-state index is 2.34. The summed E-state index contributed by atoms with van der Waals surface area (Å²) in [5, 5.41) is 3.19. The van der Waals surface area contributed by atoms with E-state index in [4.69, 9.17) is 0 Å². The monoisotopic (exact) mass is 372 g/mol. The van der Waals surface area contributed by atoms with Gasteiger partial charge in [-0.25, -0.2) is 0 Å². The van der Waals surface area contributed by atoms with Crippen LogP contribution in [0, 0.1) is 11.8 Å². The molecule has 0 bridgehead atoms. The standard InChI is InChI=1S/C23H34P2/c1-18(2)16-20-10-5-7-12-22(20)24-14-9-15-25-23-13-8-6-11-21(23)17-19(3)4/h5-8,10-13,18-19,24-25H,9,14-17H2,1-4H3. The molecule has 0 nitrogen and oxygen atoms in total. The summed E-state index contributed by atoms with van der Waals surface area (Å²) in [6, 6.07) is 18.1. The van der Waals surface area contributed by atoms with Crippen LogP contribution in [0.3, 0.4) is 0 Å². The van der Waals surface area contributed by atoms with Gasteiger partial charge >= 0.3 is 0 Å². The van der Waals surface area contributed by atoms with Gasteiger partial charge in [-0.05, 0) is 65.2 Å². The SMILES string of the molecule is CC(C)Cc1ccccc1PCCCPc1ccccc1CC(C)C. The van der Waals surface area contributed by atoms with Crippen LogP contribution in [0.2, 0.25) is 0 Å². The van der Waals surface area contributed by atoms with E-state index in [1.165, 1.54) is 31.6 Å². The third kappa shape index (κ3) is 7.60. The summed E-state index contributed by atoms with van der Waals surface area (Å²) >= 11 is 0. The average molecular weight is 372 g/mol. The molecule has 2 aromatic carbocycles. The van der Waals surface area contributed by atoms with Crippen molar-refractivity contribution in [1.29, 1.82) is 0 Å². The molecule has 0 heterocycles. The highest BCUT2D eigenvalue weighted by molar-refractivity contribution is 7.48. The molecular formula is C23H34P2. The van der Waals surface area contributed by atoms with Gasteiger partial charge in [-0.15, -0.1) is 0 Å². The van der Waals surface area contributed by atoms with E-state index in [0.717, 1.165) is 29.0 Å². The van der Waals surface area contributed by atoms with Gasteiger partial charge in [0.25, 0.3) is 0 Å². The second-order valence-electron chi connectivity index (χ2n) is 7.72. The summed E-state index contributed by atoms with van der Waals surface area (Å²) in [5.74, 6) is 1.48. The van der Waals surface area contributed by atoms with Gasteiger partial charge in [-0.2, -0.15) is 0 Å². The second kappa shape index (κ2) is 11.1. The van der Waals surface area contributed by atoms with Crippen LogP contribution >= 0.6 is 17.2 Å². The lowest BCUT2D eigenvalue weighted by Crippen LogP contribution is -2.09. The maximum atomic E-state index is 2.34. The first-order valence-electron chi connectivity index (χ1n) is 9.69. The van der Waals surface area contributed by atoms with Crippen LogP contribution in [0.25, 0.3) is 0 Å². The zero-order chi connectivity index (χ0) is 18.1. The van der Waals surface area contributed by atoms with Crippen molar-refractivity contribution in [2.75, 3.05) is 12.3 Å². The predicted molar refractivity (Wildman–Crippen MR) is 120 cm³/mol. The van der Waals surface area contributed by atoms with E-state index in [1.807, 2.05) is 0 Å². The number of hydrogen-bond acceptors (Lipinski definition) is 0. The molecule has 0 radical (unpaired) electrons. The smallest absolute Gasteiger partial charge is 0.0239 e. The van der Waals surface area contributed by atoms with Crippen molar-refractivity contribution < 1.29 is 0 Å². The first-order valence-corrected chi connectivity index (χ1v) is 12.1. The summed E-state index contributed by atoms with van der Waals surface area (Å²) in [5.41, 5.74) is 3.14. The first kappa shape index (κ1) is 20.6. The fraction of sp³-hybridized carbons (Fsp3) is 0.478. The molecule has 2 unspecified atom stereocenters. The molecule has 0 amide bonds. The molecule has 2 rings (SSSR count). The Morgan fingerprint density at radius 2 is 1.04 bits per heavy atom.